The third-order valence-corrected chi connectivity index (χ3v) is 4.97. The number of aliphatic imine (C=N–C) groups is 1. The second-order valence-electron chi connectivity index (χ2n) is 7.21. The van der Waals surface area contributed by atoms with Gasteiger partial charge in [-0.1, -0.05) is 54.1 Å². The summed E-state index contributed by atoms with van der Waals surface area (Å²) < 4.78 is 0. The summed E-state index contributed by atoms with van der Waals surface area (Å²) in [6.07, 6.45) is 3.03. The second-order valence-corrected chi connectivity index (χ2v) is 7.21. The molecule has 32 heavy (non-hydrogen) atoms. The number of aryl methyl sites for hydroxylation is 1. The van der Waals surface area contributed by atoms with Gasteiger partial charge in [0.25, 0.3) is 11.8 Å². The lowest BCUT2D eigenvalue weighted by Gasteiger charge is -2.07. The summed E-state index contributed by atoms with van der Waals surface area (Å²) in [4.78, 5) is 33.8. The maximum absolute atomic E-state index is 12.8. The lowest BCUT2D eigenvalue weighted by atomic mass is 10.0. The molecule has 0 saturated heterocycles. The molecule has 2 N–H and O–H groups in total. The van der Waals surface area contributed by atoms with Crippen molar-refractivity contribution in [2.45, 2.75) is 13.5 Å². The molecule has 0 fully saturated rings. The minimum Gasteiger partial charge on any atom is -0.347 e. The summed E-state index contributed by atoms with van der Waals surface area (Å²) in [5.41, 5.74) is 3.78. The molecule has 2 aromatic carbocycles. The third-order valence-electron chi connectivity index (χ3n) is 4.97. The number of nitrogens with zero attached hydrogens (tertiary/aromatic N) is 3. The Hall–Kier alpha value is -4.57. The molecule has 3 aromatic rings. The summed E-state index contributed by atoms with van der Waals surface area (Å²) in [7, 11) is 0. The Morgan fingerprint density at radius 2 is 1.75 bits per heavy atom. The molecular weight excluding hydrogens is 402 g/mol. The lowest BCUT2D eigenvalue weighted by Crippen LogP contribution is -2.30. The van der Waals surface area contributed by atoms with Crippen molar-refractivity contribution < 1.29 is 9.59 Å². The van der Waals surface area contributed by atoms with Crippen LogP contribution in [-0.2, 0) is 11.3 Å². The Morgan fingerprint density at radius 1 is 1.00 bits per heavy atom. The number of hydrogen-bond donors (Lipinski definition) is 2. The van der Waals surface area contributed by atoms with Crippen LogP contribution in [-0.4, -0.2) is 22.6 Å². The van der Waals surface area contributed by atoms with Crippen molar-refractivity contribution in [2.24, 2.45) is 4.99 Å². The Balaban J connectivity index is 1.62. The van der Waals surface area contributed by atoms with Gasteiger partial charge in [0, 0.05) is 30.1 Å². The highest BCUT2D eigenvalue weighted by Gasteiger charge is 2.27. The zero-order valence-electron chi connectivity index (χ0n) is 17.3. The number of amidine groups is 1. The molecular formula is C25H19N5O2. The van der Waals surface area contributed by atoms with Crippen molar-refractivity contribution in [3.05, 3.63) is 106 Å². The van der Waals surface area contributed by atoms with E-state index in [0.717, 1.165) is 11.1 Å². The largest absolute Gasteiger partial charge is 0.347 e. The average molecular weight is 421 g/mol. The van der Waals surface area contributed by atoms with Gasteiger partial charge in [-0.25, -0.2) is 4.99 Å². The molecule has 0 bridgehead atoms. The normalized spacial score (nSPS) is 13.4. The van der Waals surface area contributed by atoms with Crippen LogP contribution in [0.15, 0.2) is 83.6 Å². The first kappa shape index (κ1) is 20.7. The third kappa shape index (κ3) is 4.30. The van der Waals surface area contributed by atoms with Gasteiger partial charge in [-0.05, 0) is 24.6 Å². The Morgan fingerprint density at radius 3 is 2.44 bits per heavy atom. The van der Waals surface area contributed by atoms with E-state index in [1.165, 1.54) is 6.20 Å². The van der Waals surface area contributed by atoms with E-state index in [1.54, 1.807) is 42.6 Å². The van der Waals surface area contributed by atoms with Crippen LogP contribution in [0.2, 0.25) is 0 Å². The number of amides is 2. The maximum Gasteiger partial charge on any atom is 0.264 e. The van der Waals surface area contributed by atoms with Crippen molar-refractivity contribution in [1.82, 2.24) is 15.6 Å². The van der Waals surface area contributed by atoms with Crippen LogP contribution in [0.4, 0.5) is 0 Å². The van der Waals surface area contributed by atoms with Crippen LogP contribution in [0.1, 0.15) is 32.6 Å². The first-order valence-corrected chi connectivity index (χ1v) is 9.95. The predicted octanol–water partition coefficient (Wildman–Crippen LogP) is 3.13. The van der Waals surface area contributed by atoms with E-state index in [9.17, 15) is 14.9 Å². The Kier molecular flexibility index (Phi) is 5.86. The Labute approximate surface area is 185 Å². The minimum atomic E-state index is -0.526. The van der Waals surface area contributed by atoms with Crippen LogP contribution in [0.5, 0.6) is 0 Å². The average Bonchev–Trinajstić information content (AvgIpc) is 3.18. The van der Waals surface area contributed by atoms with E-state index in [-0.39, 0.29) is 29.6 Å². The number of pyridine rings is 1. The smallest absolute Gasteiger partial charge is 0.264 e. The summed E-state index contributed by atoms with van der Waals surface area (Å²) in [6, 6.07) is 20.2. The van der Waals surface area contributed by atoms with Gasteiger partial charge >= 0.3 is 0 Å². The first-order chi connectivity index (χ1) is 15.6. The van der Waals surface area contributed by atoms with Crippen molar-refractivity contribution in [1.29, 1.82) is 5.26 Å². The molecule has 0 saturated carbocycles. The van der Waals surface area contributed by atoms with Crippen molar-refractivity contribution >= 4 is 23.3 Å². The summed E-state index contributed by atoms with van der Waals surface area (Å²) in [6.45, 7) is 2.27. The van der Waals surface area contributed by atoms with E-state index in [4.69, 9.17) is 0 Å². The first-order valence-electron chi connectivity index (χ1n) is 9.95. The molecule has 156 valence electrons. The highest BCUT2D eigenvalue weighted by Crippen LogP contribution is 2.30. The van der Waals surface area contributed by atoms with E-state index in [2.05, 4.69) is 20.6 Å². The SMILES string of the molecule is Cc1ccc(CNC(=O)/C(C#N)=C2\N=C(NC(=O)c3cccnc3)c3ccccc32)cc1. The quantitative estimate of drug-likeness (QED) is 0.498. The van der Waals surface area contributed by atoms with Crippen LogP contribution in [0, 0.1) is 18.3 Å². The van der Waals surface area contributed by atoms with E-state index < -0.39 is 5.91 Å². The van der Waals surface area contributed by atoms with Crippen LogP contribution >= 0.6 is 0 Å². The minimum absolute atomic E-state index is 0.116. The molecule has 0 unspecified atom stereocenters. The number of rotatable bonds is 4. The predicted molar refractivity (Wildman–Crippen MR) is 120 cm³/mol. The van der Waals surface area contributed by atoms with Gasteiger partial charge in [0.15, 0.2) is 0 Å². The van der Waals surface area contributed by atoms with Gasteiger partial charge in [0.1, 0.15) is 17.5 Å². The van der Waals surface area contributed by atoms with E-state index in [1.807, 2.05) is 37.3 Å². The van der Waals surface area contributed by atoms with Gasteiger partial charge in [-0.15, -0.1) is 0 Å². The van der Waals surface area contributed by atoms with Gasteiger partial charge in [0.2, 0.25) is 0 Å². The number of fused-ring (bicyclic) bond motifs is 1. The lowest BCUT2D eigenvalue weighted by molar-refractivity contribution is -0.117. The fourth-order valence-corrected chi connectivity index (χ4v) is 3.28. The number of nitrogens with one attached hydrogen (secondary N) is 2. The van der Waals surface area contributed by atoms with Crippen LogP contribution in [0.25, 0.3) is 5.70 Å². The summed E-state index contributed by atoms with van der Waals surface area (Å²) in [5.74, 6) is -0.625. The zero-order valence-corrected chi connectivity index (χ0v) is 17.3. The molecule has 0 spiro atoms. The van der Waals surface area contributed by atoms with Gasteiger partial charge in [0.05, 0.1) is 11.3 Å². The van der Waals surface area contributed by atoms with Crippen LogP contribution < -0.4 is 10.6 Å². The molecule has 1 aliphatic heterocycles. The molecule has 7 nitrogen and oxygen atoms in total. The topological polar surface area (TPSA) is 107 Å². The molecule has 0 atom stereocenters. The highest BCUT2D eigenvalue weighted by atomic mass is 16.2. The molecule has 1 aromatic heterocycles. The van der Waals surface area contributed by atoms with Gasteiger partial charge in [-0.2, -0.15) is 5.26 Å². The van der Waals surface area contributed by atoms with Crippen LogP contribution in [0.3, 0.4) is 0 Å². The van der Waals surface area contributed by atoms with E-state index in [0.29, 0.717) is 16.7 Å². The van der Waals surface area contributed by atoms with Crippen molar-refractivity contribution in [3.63, 3.8) is 0 Å². The number of hydrogen-bond acceptors (Lipinski definition) is 5. The second kappa shape index (κ2) is 9.06. The molecule has 4 rings (SSSR count). The Bertz CT molecular complexity index is 1290. The number of aromatic nitrogens is 1. The van der Waals surface area contributed by atoms with Crippen molar-refractivity contribution in [3.8, 4) is 6.07 Å². The molecule has 0 aliphatic carbocycles. The fourth-order valence-electron chi connectivity index (χ4n) is 3.28. The van der Waals surface area contributed by atoms with Gasteiger partial charge in [-0.3, -0.25) is 14.6 Å². The molecule has 2 amide bonds. The maximum atomic E-state index is 12.8. The number of nitriles is 1. The fraction of sp³-hybridized carbons (Fsp3) is 0.0800. The number of carbonyl (C=O) groups excluding carboxylic acids is 2. The highest BCUT2D eigenvalue weighted by molar-refractivity contribution is 6.20. The molecule has 7 heteroatoms. The van der Waals surface area contributed by atoms with Gasteiger partial charge < -0.3 is 10.6 Å². The molecule has 2 heterocycles. The summed E-state index contributed by atoms with van der Waals surface area (Å²) >= 11 is 0. The molecule has 0 radical (unpaired) electrons. The number of carbonyl (C=O) groups is 2. The van der Waals surface area contributed by atoms with E-state index >= 15 is 0 Å². The standard InChI is InChI=1S/C25H19N5O2/c1-16-8-10-17(11-9-16)14-28-25(32)21(13-26)22-19-6-2-3-7-20(19)23(29-22)30-24(31)18-5-4-12-27-15-18/h2-12,15H,14H2,1H3,(H,28,32)(H,29,30,31)/b22-21-. The summed E-state index contributed by atoms with van der Waals surface area (Å²) in [5, 5.41) is 15.3. The van der Waals surface area contributed by atoms with Crippen molar-refractivity contribution in [2.75, 3.05) is 0 Å². The monoisotopic (exact) mass is 421 g/mol. The number of benzene rings is 2. The zero-order chi connectivity index (χ0) is 22.5. The molecule has 1 aliphatic rings.